The Balaban J connectivity index is 2.68. The molecule has 0 amide bonds. The van der Waals surface area contributed by atoms with Crippen molar-refractivity contribution < 1.29 is 19.4 Å². The van der Waals surface area contributed by atoms with E-state index in [0.717, 1.165) is 25.7 Å². The molecule has 0 aliphatic heterocycles. The highest BCUT2D eigenvalue weighted by molar-refractivity contribution is 6.02. The third-order valence-corrected chi connectivity index (χ3v) is 3.41. The molecule has 21 heavy (non-hydrogen) atoms. The number of benzene rings is 1. The molecule has 1 atom stereocenters. The van der Waals surface area contributed by atoms with E-state index in [1.165, 1.54) is 12.1 Å². The maximum atomic E-state index is 12.2. The Morgan fingerprint density at radius 3 is 2.29 bits per heavy atom. The summed E-state index contributed by atoms with van der Waals surface area (Å²) in [6.45, 7) is 6.29. The average molecular weight is 292 g/mol. The molecule has 0 fully saturated rings. The van der Waals surface area contributed by atoms with Crippen molar-refractivity contribution in [2.75, 3.05) is 0 Å². The van der Waals surface area contributed by atoms with Crippen LogP contribution in [0.25, 0.3) is 0 Å². The van der Waals surface area contributed by atoms with Crippen molar-refractivity contribution >= 4 is 11.9 Å². The summed E-state index contributed by atoms with van der Waals surface area (Å²) in [5.74, 6) is -1.04. The highest BCUT2D eigenvalue weighted by Crippen LogP contribution is 2.16. The van der Waals surface area contributed by atoms with Crippen molar-refractivity contribution in [3.05, 3.63) is 35.4 Å². The molecule has 4 heteroatoms. The first-order valence-corrected chi connectivity index (χ1v) is 7.49. The summed E-state index contributed by atoms with van der Waals surface area (Å²) in [5.41, 5.74) is 0.104. The minimum Gasteiger partial charge on any atom is -0.478 e. The van der Waals surface area contributed by atoms with E-state index in [1.54, 1.807) is 12.1 Å². The third kappa shape index (κ3) is 5.58. The third-order valence-electron chi connectivity index (χ3n) is 3.41. The van der Waals surface area contributed by atoms with Gasteiger partial charge in [0.05, 0.1) is 11.1 Å². The number of carbonyl (C=O) groups excluding carboxylic acids is 1. The van der Waals surface area contributed by atoms with Gasteiger partial charge in [-0.1, -0.05) is 39.3 Å². The summed E-state index contributed by atoms with van der Waals surface area (Å²) in [4.78, 5) is 23.3. The molecule has 0 saturated carbocycles. The zero-order valence-electron chi connectivity index (χ0n) is 13.0. The van der Waals surface area contributed by atoms with Gasteiger partial charge in [-0.25, -0.2) is 9.59 Å². The molecule has 0 bridgehead atoms. The molecule has 0 radical (unpaired) electrons. The molecule has 0 aromatic heterocycles. The summed E-state index contributed by atoms with van der Waals surface area (Å²) < 4.78 is 5.46. The van der Waals surface area contributed by atoms with E-state index in [1.807, 2.05) is 6.92 Å². The van der Waals surface area contributed by atoms with E-state index in [0.29, 0.717) is 5.92 Å². The molecule has 0 aliphatic rings. The molecule has 1 N–H and O–H groups in total. The zero-order chi connectivity index (χ0) is 15.8. The molecule has 0 saturated heterocycles. The molecule has 0 aliphatic carbocycles. The highest BCUT2D eigenvalue weighted by atomic mass is 16.5. The van der Waals surface area contributed by atoms with Gasteiger partial charge in [0.2, 0.25) is 0 Å². The first kappa shape index (κ1) is 17.2. The lowest BCUT2D eigenvalue weighted by molar-refractivity contribution is 0.0260. The number of aromatic carboxylic acids is 1. The second-order valence-corrected chi connectivity index (χ2v) is 5.61. The minimum absolute atomic E-state index is 0.0143. The Morgan fingerprint density at radius 2 is 1.76 bits per heavy atom. The second-order valence-electron chi connectivity index (χ2n) is 5.61. The van der Waals surface area contributed by atoms with Crippen LogP contribution in [0.4, 0.5) is 0 Å². The van der Waals surface area contributed by atoms with E-state index in [4.69, 9.17) is 9.84 Å². The van der Waals surface area contributed by atoms with Gasteiger partial charge in [-0.3, -0.25) is 0 Å². The van der Waals surface area contributed by atoms with Crippen LogP contribution in [0.5, 0.6) is 0 Å². The molecule has 1 rings (SSSR count). The largest absolute Gasteiger partial charge is 0.478 e. The van der Waals surface area contributed by atoms with Crippen LogP contribution in [0.2, 0.25) is 0 Å². The van der Waals surface area contributed by atoms with Gasteiger partial charge in [-0.05, 0) is 37.3 Å². The summed E-state index contributed by atoms with van der Waals surface area (Å²) in [7, 11) is 0. The molecular formula is C17H24O4. The molecule has 1 unspecified atom stereocenters. The number of carboxylic acids is 1. The number of esters is 1. The van der Waals surface area contributed by atoms with E-state index in [-0.39, 0.29) is 17.2 Å². The molecule has 1 aromatic rings. The fourth-order valence-corrected chi connectivity index (χ4v) is 2.16. The van der Waals surface area contributed by atoms with Crippen molar-refractivity contribution in [3.63, 3.8) is 0 Å². The van der Waals surface area contributed by atoms with E-state index < -0.39 is 11.9 Å². The van der Waals surface area contributed by atoms with Crippen molar-refractivity contribution in [1.82, 2.24) is 0 Å². The maximum absolute atomic E-state index is 12.2. The molecular weight excluding hydrogens is 268 g/mol. The van der Waals surface area contributed by atoms with Crippen LogP contribution >= 0.6 is 0 Å². The van der Waals surface area contributed by atoms with E-state index in [9.17, 15) is 9.59 Å². The fraction of sp³-hybridized carbons (Fsp3) is 0.529. The quantitative estimate of drug-likeness (QED) is 0.731. The number of carbonyl (C=O) groups is 2. The van der Waals surface area contributed by atoms with Gasteiger partial charge < -0.3 is 9.84 Å². The predicted octanol–water partition coefficient (Wildman–Crippen LogP) is 4.15. The van der Waals surface area contributed by atoms with Crippen LogP contribution in [0.15, 0.2) is 24.3 Å². The first-order valence-electron chi connectivity index (χ1n) is 7.49. The average Bonchev–Trinajstić information content (AvgIpc) is 2.45. The molecule has 1 aromatic carbocycles. The van der Waals surface area contributed by atoms with Crippen LogP contribution in [0.1, 0.15) is 67.2 Å². The number of rotatable bonds is 8. The summed E-state index contributed by atoms with van der Waals surface area (Å²) in [6.07, 6.45) is 3.50. The molecule has 0 heterocycles. The lowest BCUT2D eigenvalue weighted by atomic mass is 10.0. The lowest BCUT2D eigenvalue weighted by Crippen LogP contribution is -2.19. The van der Waals surface area contributed by atoms with Gasteiger partial charge in [-0.2, -0.15) is 0 Å². The smallest absolute Gasteiger partial charge is 0.339 e. The standard InChI is InChI=1S/C17H24O4/c1-4-13(9-7-8-12(2)3)21-17(20)15-11-6-5-10-14(15)16(18)19/h5-6,10-13H,4,7-9H2,1-3H3,(H,18,19). The van der Waals surface area contributed by atoms with Crippen molar-refractivity contribution in [2.45, 2.75) is 52.6 Å². The Morgan fingerprint density at radius 1 is 1.14 bits per heavy atom. The van der Waals surface area contributed by atoms with Gasteiger partial charge in [0, 0.05) is 0 Å². The van der Waals surface area contributed by atoms with Gasteiger partial charge in [0.15, 0.2) is 0 Å². The SMILES string of the molecule is CCC(CCCC(C)C)OC(=O)c1ccccc1C(=O)O. The van der Waals surface area contributed by atoms with Crippen LogP contribution in [-0.4, -0.2) is 23.1 Å². The van der Waals surface area contributed by atoms with Crippen LogP contribution in [0.3, 0.4) is 0 Å². The lowest BCUT2D eigenvalue weighted by Gasteiger charge is -2.17. The summed E-state index contributed by atoms with van der Waals surface area (Å²) in [5, 5.41) is 9.10. The molecule has 0 spiro atoms. The second kappa shape index (κ2) is 8.45. The Kier molecular flexibility index (Phi) is 6.92. The Hall–Kier alpha value is -1.84. The normalized spacial score (nSPS) is 12.2. The summed E-state index contributed by atoms with van der Waals surface area (Å²) in [6, 6.07) is 6.15. The van der Waals surface area contributed by atoms with E-state index in [2.05, 4.69) is 13.8 Å². The van der Waals surface area contributed by atoms with Gasteiger partial charge in [0.25, 0.3) is 0 Å². The van der Waals surface area contributed by atoms with Gasteiger partial charge >= 0.3 is 11.9 Å². The molecule has 116 valence electrons. The highest BCUT2D eigenvalue weighted by Gasteiger charge is 2.20. The maximum Gasteiger partial charge on any atom is 0.339 e. The zero-order valence-corrected chi connectivity index (χ0v) is 13.0. The van der Waals surface area contributed by atoms with Crippen molar-refractivity contribution in [2.24, 2.45) is 5.92 Å². The van der Waals surface area contributed by atoms with Crippen LogP contribution in [-0.2, 0) is 4.74 Å². The first-order chi connectivity index (χ1) is 9.95. The molecule has 4 nitrogen and oxygen atoms in total. The van der Waals surface area contributed by atoms with Crippen LogP contribution < -0.4 is 0 Å². The minimum atomic E-state index is -1.12. The predicted molar refractivity (Wildman–Crippen MR) is 81.6 cm³/mol. The van der Waals surface area contributed by atoms with Gasteiger partial charge in [-0.15, -0.1) is 0 Å². The fourth-order valence-electron chi connectivity index (χ4n) is 2.16. The van der Waals surface area contributed by atoms with Crippen molar-refractivity contribution in [3.8, 4) is 0 Å². The van der Waals surface area contributed by atoms with Crippen molar-refractivity contribution in [1.29, 1.82) is 0 Å². The monoisotopic (exact) mass is 292 g/mol. The van der Waals surface area contributed by atoms with Gasteiger partial charge in [0.1, 0.15) is 6.10 Å². The topological polar surface area (TPSA) is 63.6 Å². The summed E-state index contributed by atoms with van der Waals surface area (Å²) >= 11 is 0. The van der Waals surface area contributed by atoms with E-state index >= 15 is 0 Å². The number of hydrogen-bond donors (Lipinski definition) is 1. The van der Waals surface area contributed by atoms with Crippen LogP contribution in [0, 0.1) is 5.92 Å². The number of ether oxygens (including phenoxy) is 1. The number of carboxylic acid groups (broad SMARTS) is 1. The Bertz CT molecular complexity index is 479. The Labute approximate surface area is 126 Å². The number of hydrogen-bond acceptors (Lipinski definition) is 3.